The Bertz CT molecular complexity index is 508. The van der Waals surface area contributed by atoms with Crippen molar-refractivity contribution < 1.29 is 24.0 Å². The minimum atomic E-state index is -0.698. The Balaban J connectivity index is 3.15. The van der Waals surface area contributed by atoms with Crippen LogP contribution in [0.1, 0.15) is 0 Å². The minimum Gasteiger partial charge on any atom is -0.468 e. The lowest BCUT2D eigenvalue weighted by Gasteiger charge is -2.20. The highest BCUT2D eigenvalue weighted by Crippen LogP contribution is 2.25. The van der Waals surface area contributed by atoms with E-state index in [1.54, 1.807) is 0 Å². The van der Waals surface area contributed by atoms with Gasteiger partial charge in [0.25, 0.3) is 0 Å². The molecule has 0 unspecified atom stereocenters. The molecule has 0 radical (unpaired) electrons. The van der Waals surface area contributed by atoms with Gasteiger partial charge in [0.15, 0.2) is 0 Å². The summed E-state index contributed by atoms with van der Waals surface area (Å²) in [6.07, 6.45) is 1.22. The first-order valence-electron chi connectivity index (χ1n) is 5.45. The Morgan fingerprint density at radius 1 is 1.35 bits per heavy atom. The molecular formula is C10H14N4O6. The number of aryl methyl sites for hydroxylation is 1. The van der Waals surface area contributed by atoms with E-state index >= 15 is 0 Å². The molecule has 1 heterocycles. The van der Waals surface area contributed by atoms with E-state index in [9.17, 15) is 19.7 Å². The lowest BCUT2D eigenvalue weighted by Crippen LogP contribution is -2.37. The molecule has 0 N–H and O–H groups in total. The van der Waals surface area contributed by atoms with Crippen LogP contribution in [0.3, 0.4) is 0 Å². The first-order chi connectivity index (χ1) is 9.40. The molecule has 0 saturated carbocycles. The number of anilines is 1. The van der Waals surface area contributed by atoms with Gasteiger partial charge in [0, 0.05) is 7.05 Å². The van der Waals surface area contributed by atoms with Crippen LogP contribution < -0.4 is 4.90 Å². The molecule has 0 aliphatic rings. The molecule has 0 fully saturated rings. The van der Waals surface area contributed by atoms with Crippen LogP contribution in [-0.2, 0) is 26.1 Å². The predicted molar refractivity (Wildman–Crippen MR) is 66.1 cm³/mol. The number of imidazole rings is 1. The van der Waals surface area contributed by atoms with Gasteiger partial charge in [0.1, 0.15) is 13.1 Å². The summed E-state index contributed by atoms with van der Waals surface area (Å²) in [4.78, 5) is 37.7. The number of nitrogens with zero attached hydrogens (tertiary/aromatic N) is 4. The first-order valence-corrected chi connectivity index (χ1v) is 5.45. The molecule has 110 valence electrons. The predicted octanol–water partition coefficient (Wildman–Crippen LogP) is -0.519. The minimum absolute atomic E-state index is 0.0193. The molecule has 0 spiro atoms. The van der Waals surface area contributed by atoms with Gasteiger partial charge >= 0.3 is 17.8 Å². The number of esters is 2. The van der Waals surface area contributed by atoms with Crippen LogP contribution in [0.2, 0.25) is 0 Å². The zero-order chi connectivity index (χ0) is 15.3. The fourth-order valence-electron chi connectivity index (χ4n) is 1.55. The number of carbonyl (C=O) groups excluding carboxylic acids is 2. The van der Waals surface area contributed by atoms with Crippen molar-refractivity contribution in [2.75, 3.05) is 32.2 Å². The van der Waals surface area contributed by atoms with Gasteiger partial charge in [-0.1, -0.05) is 0 Å². The van der Waals surface area contributed by atoms with E-state index < -0.39 is 22.7 Å². The highest BCUT2D eigenvalue weighted by atomic mass is 16.6. The lowest BCUT2D eigenvalue weighted by atomic mass is 10.4. The van der Waals surface area contributed by atoms with E-state index in [2.05, 4.69) is 14.5 Å². The van der Waals surface area contributed by atoms with Gasteiger partial charge in [0.2, 0.25) is 12.1 Å². The van der Waals surface area contributed by atoms with Crippen LogP contribution in [0.5, 0.6) is 0 Å². The van der Waals surface area contributed by atoms with E-state index in [-0.39, 0.29) is 18.9 Å². The Hall–Kier alpha value is -2.65. The van der Waals surface area contributed by atoms with Crippen molar-refractivity contribution in [2.24, 2.45) is 7.05 Å². The summed E-state index contributed by atoms with van der Waals surface area (Å²) in [5, 5.41) is 10.9. The van der Waals surface area contributed by atoms with Crippen LogP contribution in [0.25, 0.3) is 0 Å². The van der Waals surface area contributed by atoms with Gasteiger partial charge in [-0.05, 0) is 9.91 Å². The van der Waals surface area contributed by atoms with Gasteiger partial charge in [0.05, 0.1) is 14.2 Å². The zero-order valence-corrected chi connectivity index (χ0v) is 11.2. The first kappa shape index (κ1) is 15.4. The van der Waals surface area contributed by atoms with Gasteiger partial charge in [-0.2, -0.15) is 0 Å². The standard InChI is InChI=1S/C10H14N4O6/c1-12-6-11-9(14(17)18)10(12)13(4-7(15)19-2)5-8(16)20-3/h6H,4-5H2,1-3H3. The third kappa shape index (κ3) is 3.43. The van der Waals surface area contributed by atoms with Crippen molar-refractivity contribution in [3.05, 3.63) is 16.4 Å². The maximum atomic E-state index is 11.4. The average Bonchev–Trinajstić information content (AvgIpc) is 2.79. The summed E-state index contributed by atoms with van der Waals surface area (Å²) >= 11 is 0. The molecule has 0 atom stereocenters. The van der Waals surface area contributed by atoms with Crippen LogP contribution in [0.4, 0.5) is 11.6 Å². The Morgan fingerprint density at radius 2 is 1.85 bits per heavy atom. The topological polar surface area (TPSA) is 117 Å². The van der Waals surface area contributed by atoms with Crippen molar-refractivity contribution in [2.45, 2.75) is 0 Å². The van der Waals surface area contributed by atoms with E-state index in [0.717, 1.165) is 0 Å². The van der Waals surface area contributed by atoms with E-state index in [1.165, 1.54) is 37.1 Å². The highest BCUT2D eigenvalue weighted by Gasteiger charge is 2.28. The molecule has 0 aliphatic carbocycles. The monoisotopic (exact) mass is 286 g/mol. The molecule has 1 rings (SSSR count). The lowest BCUT2D eigenvalue weighted by molar-refractivity contribution is -0.388. The highest BCUT2D eigenvalue weighted by molar-refractivity contribution is 5.82. The van der Waals surface area contributed by atoms with Crippen molar-refractivity contribution >= 4 is 23.6 Å². The second kappa shape index (κ2) is 6.50. The van der Waals surface area contributed by atoms with Crippen LogP contribution in [0, 0.1) is 10.1 Å². The Morgan fingerprint density at radius 3 is 2.25 bits per heavy atom. The summed E-state index contributed by atoms with van der Waals surface area (Å²) in [7, 11) is 3.86. The SMILES string of the molecule is COC(=O)CN(CC(=O)OC)c1c([N+](=O)[O-])ncn1C. The number of carbonyl (C=O) groups is 2. The molecule has 1 aromatic heterocycles. The van der Waals surface area contributed by atoms with Crippen molar-refractivity contribution in [1.29, 1.82) is 0 Å². The Kier molecular flexibility index (Phi) is 5.01. The fraction of sp³-hybridized carbons (Fsp3) is 0.500. The number of hydrogen-bond donors (Lipinski definition) is 0. The van der Waals surface area contributed by atoms with E-state index in [4.69, 9.17) is 0 Å². The third-order valence-electron chi connectivity index (χ3n) is 2.46. The molecule has 0 saturated heterocycles. The zero-order valence-electron chi connectivity index (χ0n) is 11.2. The van der Waals surface area contributed by atoms with Crippen molar-refractivity contribution in [3.8, 4) is 0 Å². The second-order valence-electron chi connectivity index (χ2n) is 3.77. The third-order valence-corrected chi connectivity index (χ3v) is 2.46. The van der Waals surface area contributed by atoms with Crippen LogP contribution >= 0.6 is 0 Å². The molecule has 0 bridgehead atoms. The number of ether oxygens (including phenoxy) is 2. The van der Waals surface area contributed by atoms with Crippen molar-refractivity contribution in [3.63, 3.8) is 0 Å². The molecule has 0 aliphatic heterocycles. The molecular weight excluding hydrogens is 272 g/mol. The van der Waals surface area contributed by atoms with Crippen molar-refractivity contribution in [1.82, 2.24) is 9.55 Å². The molecule has 10 nitrogen and oxygen atoms in total. The molecule has 0 aromatic carbocycles. The maximum Gasteiger partial charge on any atom is 0.406 e. The quantitative estimate of drug-likeness (QED) is 0.389. The number of aromatic nitrogens is 2. The second-order valence-corrected chi connectivity index (χ2v) is 3.77. The number of nitro groups is 1. The number of methoxy groups -OCH3 is 2. The normalized spacial score (nSPS) is 9.95. The van der Waals surface area contributed by atoms with Gasteiger partial charge in [-0.3, -0.25) is 14.2 Å². The fourth-order valence-corrected chi connectivity index (χ4v) is 1.55. The maximum absolute atomic E-state index is 11.4. The summed E-state index contributed by atoms with van der Waals surface area (Å²) in [6, 6.07) is 0. The summed E-state index contributed by atoms with van der Waals surface area (Å²) in [6.45, 7) is -0.683. The summed E-state index contributed by atoms with van der Waals surface area (Å²) < 4.78 is 10.3. The molecule has 20 heavy (non-hydrogen) atoms. The Labute approximate surface area is 114 Å². The smallest absolute Gasteiger partial charge is 0.406 e. The van der Waals surface area contributed by atoms with E-state index in [0.29, 0.717) is 0 Å². The molecule has 1 aromatic rings. The molecule has 0 amide bonds. The van der Waals surface area contributed by atoms with Crippen LogP contribution in [0.15, 0.2) is 6.33 Å². The largest absolute Gasteiger partial charge is 0.468 e. The summed E-state index contributed by atoms with van der Waals surface area (Å²) in [5.41, 5.74) is 0. The number of hydrogen-bond acceptors (Lipinski definition) is 8. The average molecular weight is 286 g/mol. The van der Waals surface area contributed by atoms with Gasteiger partial charge in [-0.25, -0.2) is 0 Å². The van der Waals surface area contributed by atoms with Gasteiger partial charge in [-0.15, -0.1) is 0 Å². The van der Waals surface area contributed by atoms with Crippen LogP contribution in [-0.4, -0.2) is 53.7 Å². The van der Waals surface area contributed by atoms with E-state index in [1.807, 2.05) is 0 Å². The molecule has 10 heteroatoms. The van der Waals surface area contributed by atoms with Gasteiger partial charge < -0.3 is 24.5 Å². The number of rotatable bonds is 6. The summed E-state index contributed by atoms with van der Waals surface area (Å²) in [5.74, 6) is -1.74.